The van der Waals surface area contributed by atoms with Gasteiger partial charge in [-0.15, -0.1) is 0 Å². The molecule has 2 N–H and O–H groups in total. The maximum atomic E-state index is 13.7. The van der Waals surface area contributed by atoms with Gasteiger partial charge >= 0.3 is 0 Å². The topological polar surface area (TPSA) is 68.3 Å². The Morgan fingerprint density at radius 3 is 2.70 bits per heavy atom. The molecule has 0 aliphatic heterocycles. The minimum absolute atomic E-state index is 0.0227. The van der Waals surface area contributed by atoms with E-state index < -0.39 is 5.82 Å². The fraction of sp³-hybridized carbons (Fsp3) is 0.133. The van der Waals surface area contributed by atoms with Crippen LogP contribution in [0.4, 0.5) is 10.1 Å². The molecule has 0 fully saturated rings. The Morgan fingerprint density at radius 2 is 2.00 bits per heavy atom. The van der Waals surface area contributed by atoms with E-state index in [1.807, 2.05) is 6.07 Å². The molecule has 5 heteroatoms. The number of hydrogen-bond acceptors (Lipinski definition) is 4. The lowest BCUT2D eigenvalue weighted by Crippen LogP contribution is -2.01. The first-order chi connectivity index (χ1) is 9.63. The second-order valence-corrected chi connectivity index (χ2v) is 4.12. The Kier molecular flexibility index (Phi) is 4.06. The molecular formula is C15H13FN2O2. The maximum Gasteiger partial charge on any atom is 0.152 e. The summed E-state index contributed by atoms with van der Waals surface area (Å²) in [6, 6.07) is 11.5. The SMILES string of the molecule is COc1cc(C#N)cc(OCc2cccc(N)c2F)c1. The van der Waals surface area contributed by atoms with Crippen molar-refractivity contribution in [3.8, 4) is 17.6 Å². The number of halogens is 1. The van der Waals surface area contributed by atoms with Crippen LogP contribution in [0.2, 0.25) is 0 Å². The number of methoxy groups -OCH3 is 1. The molecule has 0 heterocycles. The normalized spacial score (nSPS) is 9.85. The molecule has 4 nitrogen and oxygen atoms in total. The molecule has 0 aromatic heterocycles. The highest BCUT2D eigenvalue weighted by atomic mass is 19.1. The van der Waals surface area contributed by atoms with Gasteiger partial charge in [0.2, 0.25) is 0 Å². The molecule has 0 unspecified atom stereocenters. The summed E-state index contributed by atoms with van der Waals surface area (Å²) >= 11 is 0. The molecule has 2 aromatic rings. The smallest absolute Gasteiger partial charge is 0.152 e. The minimum atomic E-state index is -0.490. The number of nitrogens with two attached hydrogens (primary N) is 1. The lowest BCUT2D eigenvalue weighted by Gasteiger charge is -2.10. The second-order valence-electron chi connectivity index (χ2n) is 4.12. The van der Waals surface area contributed by atoms with Gasteiger partial charge in [0, 0.05) is 11.6 Å². The van der Waals surface area contributed by atoms with Crippen molar-refractivity contribution in [1.82, 2.24) is 0 Å². The number of hydrogen-bond donors (Lipinski definition) is 1. The Labute approximate surface area is 116 Å². The van der Waals surface area contributed by atoms with Gasteiger partial charge in [-0.3, -0.25) is 0 Å². The van der Waals surface area contributed by atoms with Crippen LogP contribution in [0.3, 0.4) is 0 Å². The van der Waals surface area contributed by atoms with Crippen LogP contribution in [-0.4, -0.2) is 7.11 Å². The first kappa shape index (κ1) is 13.7. The van der Waals surface area contributed by atoms with Gasteiger partial charge in [-0.2, -0.15) is 5.26 Å². The van der Waals surface area contributed by atoms with Crippen LogP contribution < -0.4 is 15.2 Å². The molecule has 0 saturated heterocycles. The zero-order chi connectivity index (χ0) is 14.5. The number of rotatable bonds is 4. The summed E-state index contributed by atoms with van der Waals surface area (Å²) < 4.78 is 24.3. The molecule has 0 saturated carbocycles. The molecule has 0 aliphatic rings. The van der Waals surface area contributed by atoms with Gasteiger partial charge in [0.15, 0.2) is 5.82 Å². The number of benzene rings is 2. The van der Waals surface area contributed by atoms with E-state index >= 15 is 0 Å². The van der Waals surface area contributed by atoms with Gasteiger partial charge in [-0.25, -0.2) is 4.39 Å². The predicted octanol–water partition coefficient (Wildman–Crippen LogP) is 2.87. The number of ether oxygens (including phenoxy) is 2. The molecule has 0 spiro atoms. The number of nitrogens with zero attached hydrogens (tertiary/aromatic N) is 1. The summed E-state index contributed by atoms with van der Waals surface area (Å²) in [5.41, 5.74) is 6.33. The van der Waals surface area contributed by atoms with Crippen molar-refractivity contribution in [3.05, 3.63) is 53.3 Å². The molecule has 0 atom stereocenters. The van der Waals surface area contributed by atoms with E-state index in [9.17, 15) is 4.39 Å². The first-order valence-corrected chi connectivity index (χ1v) is 5.89. The largest absolute Gasteiger partial charge is 0.497 e. The zero-order valence-corrected chi connectivity index (χ0v) is 10.9. The van der Waals surface area contributed by atoms with E-state index in [1.165, 1.54) is 13.2 Å². The second kappa shape index (κ2) is 5.93. The van der Waals surface area contributed by atoms with E-state index in [0.29, 0.717) is 22.6 Å². The van der Waals surface area contributed by atoms with Crippen molar-refractivity contribution in [2.45, 2.75) is 6.61 Å². The highest BCUT2D eigenvalue weighted by Crippen LogP contribution is 2.24. The first-order valence-electron chi connectivity index (χ1n) is 5.89. The highest BCUT2D eigenvalue weighted by molar-refractivity contribution is 5.45. The lowest BCUT2D eigenvalue weighted by atomic mass is 10.2. The molecular weight excluding hydrogens is 259 g/mol. The fourth-order valence-electron chi connectivity index (χ4n) is 1.71. The molecule has 102 valence electrons. The van der Waals surface area contributed by atoms with Crippen LogP contribution in [0.1, 0.15) is 11.1 Å². The van der Waals surface area contributed by atoms with E-state index in [2.05, 4.69) is 0 Å². The van der Waals surface area contributed by atoms with Gasteiger partial charge in [0.25, 0.3) is 0 Å². The van der Waals surface area contributed by atoms with Crippen molar-refractivity contribution in [3.63, 3.8) is 0 Å². The van der Waals surface area contributed by atoms with Gasteiger partial charge in [0.1, 0.15) is 18.1 Å². The Hall–Kier alpha value is -2.74. The van der Waals surface area contributed by atoms with Crippen LogP contribution >= 0.6 is 0 Å². The van der Waals surface area contributed by atoms with Crippen LogP contribution in [0.25, 0.3) is 0 Å². The summed E-state index contributed by atoms with van der Waals surface area (Å²) in [6.45, 7) is 0.0227. The zero-order valence-electron chi connectivity index (χ0n) is 10.9. The Balaban J connectivity index is 2.19. The quantitative estimate of drug-likeness (QED) is 0.869. The van der Waals surface area contributed by atoms with Crippen molar-refractivity contribution in [1.29, 1.82) is 5.26 Å². The lowest BCUT2D eigenvalue weighted by molar-refractivity contribution is 0.297. The third kappa shape index (κ3) is 2.98. The Bertz CT molecular complexity index is 665. The van der Waals surface area contributed by atoms with Crippen LogP contribution in [0.15, 0.2) is 36.4 Å². The van der Waals surface area contributed by atoms with Gasteiger partial charge in [0.05, 0.1) is 24.4 Å². The van der Waals surface area contributed by atoms with Gasteiger partial charge in [-0.05, 0) is 18.2 Å². The van der Waals surface area contributed by atoms with Gasteiger partial charge in [-0.1, -0.05) is 12.1 Å². The highest BCUT2D eigenvalue weighted by Gasteiger charge is 2.07. The average molecular weight is 272 g/mol. The molecule has 20 heavy (non-hydrogen) atoms. The van der Waals surface area contributed by atoms with Crippen LogP contribution in [0.5, 0.6) is 11.5 Å². The van der Waals surface area contributed by atoms with Crippen molar-refractivity contribution in [2.75, 3.05) is 12.8 Å². The van der Waals surface area contributed by atoms with Crippen LogP contribution in [-0.2, 0) is 6.61 Å². The van der Waals surface area contributed by atoms with Crippen molar-refractivity contribution >= 4 is 5.69 Å². The molecule has 0 amide bonds. The summed E-state index contributed by atoms with van der Waals surface area (Å²) in [4.78, 5) is 0. The molecule has 0 radical (unpaired) electrons. The summed E-state index contributed by atoms with van der Waals surface area (Å²) in [7, 11) is 1.50. The molecule has 2 aromatic carbocycles. The minimum Gasteiger partial charge on any atom is -0.497 e. The van der Waals surface area contributed by atoms with E-state index in [4.69, 9.17) is 20.5 Å². The van der Waals surface area contributed by atoms with E-state index in [-0.39, 0.29) is 12.3 Å². The molecule has 2 rings (SSSR count). The van der Waals surface area contributed by atoms with E-state index in [0.717, 1.165) is 0 Å². The standard InChI is InChI=1S/C15H13FN2O2/c1-19-12-5-10(8-17)6-13(7-12)20-9-11-3-2-4-14(18)15(11)16/h2-7H,9,18H2,1H3. The average Bonchev–Trinajstić information content (AvgIpc) is 2.48. The third-order valence-corrected chi connectivity index (χ3v) is 2.75. The van der Waals surface area contributed by atoms with Crippen molar-refractivity contribution in [2.24, 2.45) is 0 Å². The number of nitrogen functional groups attached to an aromatic ring is 1. The molecule has 0 bridgehead atoms. The van der Waals surface area contributed by atoms with E-state index in [1.54, 1.807) is 30.3 Å². The number of anilines is 1. The number of nitriles is 1. The predicted molar refractivity (Wildman–Crippen MR) is 72.9 cm³/mol. The summed E-state index contributed by atoms with van der Waals surface area (Å²) in [6.07, 6.45) is 0. The van der Waals surface area contributed by atoms with Crippen LogP contribution in [0, 0.1) is 17.1 Å². The van der Waals surface area contributed by atoms with Crippen molar-refractivity contribution < 1.29 is 13.9 Å². The summed E-state index contributed by atoms with van der Waals surface area (Å²) in [5.74, 6) is 0.450. The molecule has 0 aliphatic carbocycles. The van der Waals surface area contributed by atoms with Gasteiger partial charge < -0.3 is 15.2 Å². The third-order valence-electron chi connectivity index (χ3n) is 2.75. The monoisotopic (exact) mass is 272 g/mol. The fourth-order valence-corrected chi connectivity index (χ4v) is 1.71. The summed E-state index contributed by atoms with van der Waals surface area (Å²) in [5, 5.41) is 8.91. The Morgan fingerprint density at radius 1 is 1.25 bits per heavy atom. The maximum absolute atomic E-state index is 13.7.